The second-order valence-corrected chi connectivity index (χ2v) is 9.29. The van der Waals surface area contributed by atoms with Gasteiger partial charge in [-0.05, 0) is 11.1 Å². The number of carbonyl (C=O) groups is 1. The van der Waals surface area contributed by atoms with Crippen molar-refractivity contribution in [3.05, 3.63) is 88.4 Å². The molecule has 2 heterocycles. The van der Waals surface area contributed by atoms with Gasteiger partial charge in [-0.1, -0.05) is 60.7 Å². The van der Waals surface area contributed by atoms with Crippen molar-refractivity contribution in [2.24, 2.45) is 0 Å². The minimum atomic E-state index is -0.0958. The van der Waals surface area contributed by atoms with Crippen LogP contribution in [0.4, 0.5) is 0 Å². The van der Waals surface area contributed by atoms with E-state index in [1.165, 1.54) is 22.5 Å². The Labute approximate surface area is 189 Å². The van der Waals surface area contributed by atoms with Gasteiger partial charge < -0.3 is 5.32 Å². The first-order valence-electron chi connectivity index (χ1n) is 9.66. The summed E-state index contributed by atoms with van der Waals surface area (Å²) in [4.78, 5) is 19.1. The maximum atomic E-state index is 12.4. The second kappa shape index (κ2) is 9.80. The van der Waals surface area contributed by atoms with Crippen molar-refractivity contribution in [3.8, 4) is 0 Å². The number of nitrogens with one attached hydrogen (secondary N) is 1. The number of aromatic nitrogens is 1. The Kier molecular flexibility index (Phi) is 6.91. The lowest BCUT2D eigenvalue weighted by Crippen LogP contribution is -2.55. The van der Waals surface area contributed by atoms with Crippen molar-refractivity contribution < 1.29 is 4.79 Å². The van der Waals surface area contributed by atoms with Crippen LogP contribution in [0.2, 0.25) is 0 Å². The maximum absolute atomic E-state index is 12.4. The van der Waals surface area contributed by atoms with Crippen LogP contribution >= 0.6 is 34.2 Å². The Balaban J connectivity index is 1.59. The Morgan fingerprint density at radius 3 is 2.34 bits per heavy atom. The zero-order valence-electron chi connectivity index (χ0n) is 15.9. The fourth-order valence-corrected chi connectivity index (χ4v) is 5.04. The normalized spacial score (nSPS) is 18.1. The van der Waals surface area contributed by atoms with Crippen LogP contribution in [0.1, 0.15) is 27.0 Å². The van der Waals surface area contributed by atoms with E-state index >= 15 is 0 Å². The van der Waals surface area contributed by atoms with Crippen molar-refractivity contribution in [2.75, 3.05) is 26.2 Å². The van der Waals surface area contributed by atoms with Crippen LogP contribution in [0, 0.1) is 0 Å². The first-order valence-corrected chi connectivity index (χ1v) is 11.5. The van der Waals surface area contributed by atoms with E-state index in [1.807, 2.05) is 5.38 Å². The van der Waals surface area contributed by atoms with Crippen LogP contribution in [-0.2, 0) is 0 Å². The van der Waals surface area contributed by atoms with Crippen LogP contribution in [0.15, 0.2) is 72.2 Å². The Hall–Kier alpha value is -1.81. The highest BCUT2D eigenvalue weighted by Gasteiger charge is 2.33. The van der Waals surface area contributed by atoms with Gasteiger partial charge in [0.1, 0.15) is 0 Å². The number of thiazole rings is 1. The highest BCUT2D eigenvalue weighted by atomic mass is 127. The monoisotopic (exact) mass is 518 g/mol. The van der Waals surface area contributed by atoms with Crippen LogP contribution in [0.5, 0.6) is 0 Å². The fraction of sp³-hybridized carbons (Fsp3) is 0.273. The van der Waals surface area contributed by atoms with Gasteiger partial charge in [0.25, 0.3) is 5.91 Å². The summed E-state index contributed by atoms with van der Waals surface area (Å²) in [6.07, 6.45) is 1.67. The summed E-state index contributed by atoms with van der Waals surface area (Å²) in [5, 5.41) is 5.44. The quantitative estimate of drug-likeness (QED) is 0.396. The molecule has 0 radical (unpaired) electrons. The summed E-state index contributed by atoms with van der Waals surface area (Å²) < 4.78 is 2.31. The van der Waals surface area contributed by atoms with Crippen molar-refractivity contribution in [3.63, 3.8) is 0 Å². The molecule has 4 rings (SSSR count). The maximum Gasteiger partial charge on any atom is 0.280 e. The predicted octanol–water partition coefficient (Wildman–Crippen LogP) is 4.00. The van der Waals surface area contributed by atoms with Crippen molar-refractivity contribution in [1.29, 1.82) is 0 Å². The van der Waals surface area contributed by atoms with Crippen LogP contribution in [0.3, 0.4) is 0 Å². The molecule has 1 atom stereocenters. The van der Waals surface area contributed by atoms with E-state index in [-0.39, 0.29) is 18.0 Å². The van der Waals surface area contributed by atoms with E-state index in [1.54, 1.807) is 6.20 Å². The molecule has 7 heteroatoms. The number of rotatable bonds is 6. The lowest BCUT2D eigenvalue weighted by atomic mass is 9.94. The molecule has 1 aromatic heterocycles. The number of hydrogen-bond donors (Lipinski definition) is 1. The van der Waals surface area contributed by atoms with Crippen molar-refractivity contribution in [1.82, 2.24) is 18.3 Å². The number of piperazine rings is 1. The van der Waals surface area contributed by atoms with E-state index in [9.17, 15) is 4.79 Å². The fourth-order valence-electron chi connectivity index (χ4n) is 3.82. The average molecular weight is 518 g/mol. The van der Waals surface area contributed by atoms with Gasteiger partial charge in [0.05, 0.1) is 6.04 Å². The van der Waals surface area contributed by atoms with Gasteiger partial charge in [0.15, 0.2) is 5.01 Å². The number of hydrogen-bond acceptors (Lipinski definition) is 5. The van der Waals surface area contributed by atoms with Gasteiger partial charge >= 0.3 is 0 Å². The molecule has 1 N–H and O–H groups in total. The average Bonchev–Trinajstić information content (AvgIpc) is 3.30. The van der Waals surface area contributed by atoms with Crippen LogP contribution in [-0.4, -0.2) is 51.1 Å². The number of benzene rings is 2. The molecule has 0 bridgehead atoms. The number of amides is 1. The molecule has 3 aromatic rings. The summed E-state index contributed by atoms with van der Waals surface area (Å²) in [5.74, 6) is -0.0958. The summed E-state index contributed by atoms with van der Waals surface area (Å²) in [6.45, 7) is 3.42. The second-order valence-electron chi connectivity index (χ2n) is 7.03. The van der Waals surface area contributed by atoms with E-state index in [0.717, 1.165) is 19.6 Å². The molecule has 1 amide bonds. The zero-order valence-corrected chi connectivity index (χ0v) is 18.9. The van der Waals surface area contributed by atoms with Gasteiger partial charge in [0, 0.05) is 66.7 Å². The number of halogens is 1. The predicted molar refractivity (Wildman–Crippen MR) is 125 cm³/mol. The molecule has 0 aliphatic carbocycles. The molecule has 2 aromatic carbocycles. The van der Waals surface area contributed by atoms with Gasteiger partial charge in [-0.3, -0.25) is 9.69 Å². The molecule has 1 aliphatic rings. The zero-order chi connectivity index (χ0) is 20.1. The molecule has 150 valence electrons. The standard InChI is InChI=1S/C22H23IN4OS/c23-26-12-13-27(19(16-26)15-25-21(28)22-24-11-14-29-22)20(17-7-3-1-4-8-17)18-9-5-2-6-10-18/h1-11,14,19-20H,12-13,15-16H2,(H,25,28). The number of carbonyl (C=O) groups excluding carboxylic acids is 1. The summed E-state index contributed by atoms with van der Waals surface area (Å²) in [5.41, 5.74) is 2.55. The molecular weight excluding hydrogens is 495 g/mol. The van der Waals surface area contributed by atoms with E-state index in [4.69, 9.17) is 0 Å². The third-order valence-corrected chi connectivity index (χ3v) is 6.81. The minimum Gasteiger partial charge on any atom is -0.348 e. The van der Waals surface area contributed by atoms with Gasteiger partial charge in [0.2, 0.25) is 0 Å². The lowest BCUT2D eigenvalue weighted by Gasteiger charge is -2.44. The van der Waals surface area contributed by atoms with Crippen molar-refractivity contribution in [2.45, 2.75) is 12.1 Å². The highest BCUT2D eigenvalue weighted by Crippen LogP contribution is 2.32. The summed E-state index contributed by atoms with van der Waals surface area (Å²) in [7, 11) is 0. The van der Waals surface area contributed by atoms with Crippen LogP contribution < -0.4 is 5.32 Å². The van der Waals surface area contributed by atoms with Gasteiger partial charge in [-0.2, -0.15) is 0 Å². The van der Waals surface area contributed by atoms with Gasteiger partial charge in [-0.25, -0.2) is 8.10 Å². The Morgan fingerprint density at radius 2 is 1.76 bits per heavy atom. The number of nitrogens with zero attached hydrogens (tertiary/aromatic N) is 3. The highest BCUT2D eigenvalue weighted by molar-refractivity contribution is 14.1. The molecular formula is C22H23IN4OS. The molecule has 0 spiro atoms. The third kappa shape index (κ3) is 5.03. The van der Waals surface area contributed by atoms with Crippen molar-refractivity contribution >= 4 is 40.1 Å². The first kappa shape index (κ1) is 20.5. The Bertz CT molecular complexity index is 868. The topological polar surface area (TPSA) is 48.5 Å². The van der Waals surface area contributed by atoms with Gasteiger partial charge in [-0.15, -0.1) is 11.3 Å². The van der Waals surface area contributed by atoms with Crippen LogP contribution in [0.25, 0.3) is 0 Å². The molecule has 1 unspecified atom stereocenters. The Morgan fingerprint density at radius 1 is 1.10 bits per heavy atom. The molecule has 5 nitrogen and oxygen atoms in total. The smallest absolute Gasteiger partial charge is 0.280 e. The first-order chi connectivity index (χ1) is 14.2. The van der Waals surface area contributed by atoms with E-state index in [2.05, 4.69) is 102 Å². The van der Waals surface area contributed by atoms with E-state index < -0.39 is 0 Å². The minimum absolute atomic E-state index is 0.0958. The molecule has 29 heavy (non-hydrogen) atoms. The third-order valence-electron chi connectivity index (χ3n) is 5.17. The van der Waals surface area contributed by atoms with E-state index in [0.29, 0.717) is 11.6 Å². The molecule has 1 fully saturated rings. The summed E-state index contributed by atoms with van der Waals surface area (Å²) in [6, 6.07) is 21.6. The molecule has 0 saturated carbocycles. The summed E-state index contributed by atoms with van der Waals surface area (Å²) >= 11 is 3.76. The largest absolute Gasteiger partial charge is 0.348 e. The molecule has 1 saturated heterocycles. The molecule has 1 aliphatic heterocycles. The SMILES string of the molecule is O=C(NCC1CN(I)CCN1C(c1ccccc1)c1ccccc1)c1nccs1. The lowest BCUT2D eigenvalue weighted by molar-refractivity contribution is 0.0834.